The van der Waals surface area contributed by atoms with Crippen molar-refractivity contribution in [3.05, 3.63) is 11.6 Å². The fraction of sp³-hybridized carbons (Fsp3) is 0.833. The lowest BCUT2D eigenvalue weighted by Gasteiger charge is -2.32. The van der Waals surface area contributed by atoms with Gasteiger partial charge in [-0.2, -0.15) is 0 Å². The van der Waals surface area contributed by atoms with Crippen molar-refractivity contribution < 1.29 is 4.74 Å². The first-order valence-electron chi connectivity index (χ1n) is 9.75. The third-order valence-corrected chi connectivity index (χ3v) is 4.85. The van der Waals surface area contributed by atoms with Crippen LogP contribution in [0, 0.1) is 6.92 Å². The van der Waals surface area contributed by atoms with Crippen LogP contribution in [0.15, 0.2) is 4.99 Å². The van der Waals surface area contributed by atoms with Gasteiger partial charge in [-0.25, -0.2) is 4.99 Å². The highest BCUT2D eigenvalue weighted by Crippen LogP contribution is 2.10. The summed E-state index contributed by atoms with van der Waals surface area (Å²) >= 11 is 0. The first kappa shape index (κ1) is 20.6. The van der Waals surface area contributed by atoms with E-state index in [1.807, 2.05) is 18.5 Å². The van der Waals surface area contributed by atoms with E-state index in [0.717, 1.165) is 63.1 Å². The lowest BCUT2D eigenvalue weighted by atomic mass is 10.1. The first-order chi connectivity index (χ1) is 12.6. The van der Waals surface area contributed by atoms with Gasteiger partial charge in [-0.1, -0.05) is 6.92 Å². The number of guanidine groups is 1. The van der Waals surface area contributed by atoms with Crippen LogP contribution in [0.3, 0.4) is 0 Å². The number of aromatic nitrogens is 3. The zero-order valence-corrected chi connectivity index (χ0v) is 16.8. The summed E-state index contributed by atoms with van der Waals surface area (Å²) in [5, 5.41) is 15.3. The van der Waals surface area contributed by atoms with Crippen molar-refractivity contribution in [1.29, 1.82) is 0 Å². The van der Waals surface area contributed by atoms with Crippen molar-refractivity contribution in [3.8, 4) is 0 Å². The van der Waals surface area contributed by atoms with Crippen LogP contribution < -0.4 is 10.6 Å². The highest BCUT2D eigenvalue weighted by molar-refractivity contribution is 5.80. The third kappa shape index (κ3) is 6.57. The molecule has 0 atom stereocenters. The topological polar surface area (TPSA) is 79.6 Å². The van der Waals surface area contributed by atoms with Crippen LogP contribution in [0.5, 0.6) is 0 Å². The number of nitrogens with zero attached hydrogens (tertiary/aromatic N) is 5. The molecule has 1 aromatic heterocycles. The van der Waals surface area contributed by atoms with E-state index in [0.29, 0.717) is 12.6 Å². The summed E-state index contributed by atoms with van der Waals surface area (Å²) in [6, 6.07) is 0.470. The number of aliphatic imine (C=N–C) groups is 1. The van der Waals surface area contributed by atoms with Gasteiger partial charge in [0, 0.05) is 46.4 Å². The molecule has 0 aliphatic carbocycles. The second kappa shape index (κ2) is 11.1. The zero-order valence-electron chi connectivity index (χ0n) is 16.8. The molecule has 0 aromatic carbocycles. The number of methoxy groups -OCH3 is 1. The van der Waals surface area contributed by atoms with Crippen molar-refractivity contribution in [1.82, 2.24) is 30.3 Å². The predicted octanol–water partition coefficient (Wildman–Crippen LogP) is 1.07. The molecule has 0 unspecified atom stereocenters. The summed E-state index contributed by atoms with van der Waals surface area (Å²) in [4.78, 5) is 7.28. The van der Waals surface area contributed by atoms with Crippen LogP contribution in [0.4, 0.5) is 0 Å². The van der Waals surface area contributed by atoms with E-state index >= 15 is 0 Å². The van der Waals surface area contributed by atoms with Gasteiger partial charge in [0.25, 0.3) is 0 Å². The maximum atomic E-state index is 5.13. The van der Waals surface area contributed by atoms with Crippen LogP contribution in [0.1, 0.15) is 44.3 Å². The van der Waals surface area contributed by atoms with Gasteiger partial charge in [0.15, 0.2) is 11.8 Å². The fourth-order valence-electron chi connectivity index (χ4n) is 3.12. The summed E-state index contributed by atoms with van der Waals surface area (Å²) in [6.45, 7) is 9.82. The summed E-state index contributed by atoms with van der Waals surface area (Å²) in [5.74, 6) is 2.63. The smallest absolute Gasteiger partial charge is 0.191 e. The lowest BCUT2D eigenvalue weighted by molar-refractivity contribution is 0.195. The molecule has 0 radical (unpaired) electrons. The minimum atomic E-state index is 0.470. The molecule has 148 valence electrons. The summed E-state index contributed by atoms with van der Waals surface area (Å²) in [7, 11) is 3.70. The normalized spacial score (nSPS) is 16.8. The van der Waals surface area contributed by atoms with Gasteiger partial charge < -0.3 is 24.8 Å². The zero-order chi connectivity index (χ0) is 18.8. The van der Waals surface area contributed by atoms with Crippen LogP contribution >= 0.6 is 0 Å². The summed E-state index contributed by atoms with van der Waals surface area (Å²) in [6.07, 6.45) is 4.49. The Kier molecular flexibility index (Phi) is 8.84. The van der Waals surface area contributed by atoms with Crippen molar-refractivity contribution in [2.45, 2.75) is 52.1 Å². The molecule has 8 heteroatoms. The lowest BCUT2D eigenvalue weighted by Crippen LogP contribution is -2.49. The molecule has 0 saturated carbocycles. The Morgan fingerprint density at radius 3 is 2.69 bits per heavy atom. The fourth-order valence-corrected chi connectivity index (χ4v) is 3.12. The number of piperidine rings is 1. The van der Waals surface area contributed by atoms with Gasteiger partial charge in [-0.05, 0) is 39.2 Å². The van der Waals surface area contributed by atoms with E-state index in [1.165, 1.54) is 13.0 Å². The van der Waals surface area contributed by atoms with Crippen LogP contribution in [0.2, 0.25) is 0 Å². The molecule has 1 aliphatic heterocycles. The second-order valence-electron chi connectivity index (χ2n) is 6.92. The maximum Gasteiger partial charge on any atom is 0.191 e. The SMILES string of the molecule is CCCN1CCC(NC(=NCc2nnc(C)n2C)NCCCOC)CC1. The maximum absolute atomic E-state index is 5.13. The highest BCUT2D eigenvalue weighted by Gasteiger charge is 2.19. The summed E-state index contributed by atoms with van der Waals surface area (Å²) < 4.78 is 7.11. The average molecular weight is 366 g/mol. The van der Waals surface area contributed by atoms with Crippen molar-refractivity contribution in [3.63, 3.8) is 0 Å². The predicted molar refractivity (Wildman–Crippen MR) is 104 cm³/mol. The molecule has 1 fully saturated rings. The Hall–Kier alpha value is -1.67. The molecule has 0 spiro atoms. The number of ether oxygens (including phenoxy) is 1. The highest BCUT2D eigenvalue weighted by atomic mass is 16.5. The molecule has 2 heterocycles. The molecular formula is C18H35N7O. The van der Waals surface area contributed by atoms with Gasteiger partial charge >= 0.3 is 0 Å². The Bertz CT molecular complexity index is 550. The van der Waals surface area contributed by atoms with E-state index in [-0.39, 0.29) is 0 Å². The van der Waals surface area contributed by atoms with E-state index in [1.54, 1.807) is 7.11 Å². The van der Waals surface area contributed by atoms with E-state index in [2.05, 4.69) is 32.7 Å². The Labute approximate surface area is 157 Å². The van der Waals surface area contributed by atoms with Crippen molar-refractivity contribution in [2.75, 3.05) is 39.9 Å². The van der Waals surface area contributed by atoms with Gasteiger partial charge in [0.2, 0.25) is 0 Å². The molecular weight excluding hydrogens is 330 g/mol. The molecule has 26 heavy (non-hydrogen) atoms. The number of likely N-dealkylation sites (tertiary alicyclic amines) is 1. The Morgan fingerprint density at radius 2 is 2.08 bits per heavy atom. The average Bonchev–Trinajstić information content (AvgIpc) is 2.97. The minimum absolute atomic E-state index is 0.470. The van der Waals surface area contributed by atoms with Crippen molar-refractivity contribution in [2.24, 2.45) is 12.0 Å². The number of hydrogen-bond acceptors (Lipinski definition) is 5. The Morgan fingerprint density at radius 1 is 1.31 bits per heavy atom. The standard InChI is InChI=1S/C18H35N7O/c1-5-10-25-11-7-16(8-12-25)21-18(19-9-6-13-26-4)20-14-17-23-22-15(2)24(17)3/h16H,5-14H2,1-4H3,(H2,19,20,21). The van der Waals surface area contributed by atoms with Gasteiger partial charge in [-0.15, -0.1) is 10.2 Å². The number of rotatable bonds is 9. The molecule has 0 amide bonds. The quantitative estimate of drug-likeness (QED) is 0.387. The Balaban J connectivity index is 1.90. The minimum Gasteiger partial charge on any atom is -0.385 e. The molecule has 1 saturated heterocycles. The second-order valence-corrected chi connectivity index (χ2v) is 6.92. The van der Waals surface area contributed by atoms with Gasteiger partial charge in [-0.3, -0.25) is 0 Å². The molecule has 2 N–H and O–H groups in total. The monoisotopic (exact) mass is 365 g/mol. The van der Waals surface area contributed by atoms with Crippen LogP contribution in [-0.4, -0.2) is 71.6 Å². The molecule has 8 nitrogen and oxygen atoms in total. The number of aryl methyl sites for hydroxylation is 1. The van der Waals surface area contributed by atoms with E-state index < -0.39 is 0 Å². The molecule has 1 aromatic rings. The van der Waals surface area contributed by atoms with E-state index in [4.69, 9.17) is 9.73 Å². The van der Waals surface area contributed by atoms with Crippen molar-refractivity contribution >= 4 is 5.96 Å². The third-order valence-electron chi connectivity index (χ3n) is 4.85. The summed E-state index contributed by atoms with van der Waals surface area (Å²) in [5.41, 5.74) is 0. The molecule has 1 aliphatic rings. The number of nitrogens with one attached hydrogen (secondary N) is 2. The largest absolute Gasteiger partial charge is 0.385 e. The van der Waals surface area contributed by atoms with Crippen LogP contribution in [0.25, 0.3) is 0 Å². The van der Waals surface area contributed by atoms with Gasteiger partial charge in [0.05, 0.1) is 0 Å². The van der Waals surface area contributed by atoms with Crippen LogP contribution in [-0.2, 0) is 18.3 Å². The number of hydrogen-bond donors (Lipinski definition) is 2. The molecule has 2 rings (SSSR count). The van der Waals surface area contributed by atoms with Gasteiger partial charge in [0.1, 0.15) is 12.4 Å². The first-order valence-corrected chi connectivity index (χ1v) is 9.75. The van der Waals surface area contributed by atoms with E-state index in [9.17, 15) is 0 Å². The molecule has 0 bridgehead atoms.